The number of nitrogens with zero attached hydrogens (tertiary/aromatic N) is 4. The molecule has 0 atom stereocenters. The Hall–Kier alpha value is -2.99. The van der Waals surface area contributed by atoms with Gasteiger partial charge in [-0.1, -0.05) is 24.3 Å². The summed E-state index contributed by atoms with van der Waals surface area (Å²) in [6.07, 6.45) is 1.82. The van der Waals surface area contributed by atoms with Crippen LogP contribution in [0.25, 0.3) is 22.2 Å². The molecule has 0 unspecified atom stereocenters. The highest BCUT2D eigenvalue weighted by Gasteiger charge is 2.16. The van der Waals surface area contributed by atoms with Crippen molar-refractivity contribution in [2.45, 2.75) is 0 Å². The van der Waals surface area contributed by atoms with Crippen LogP contribution >= 0.6 is 0 Å². The van der Waals surface area contributed by atoms with E-state index in [1.807, 2.05) is 48.7 Å². The minimum absolute atomic E-state index is 0.0150. The fourth-order valence-corrected chi connectivity index (χ4v) is 3.28. The van der Waals surface area contributed by atoms with Gasteiger partial charge in [0.2, 0.25) is 0 Å². The van der Waals surface area contributed by atoms with Crippen LogP contribution in [0.4, 0.5) is 5.82 Å². The molecule has 0 spiro atoms. The van der Waals surface area contributed by atoms with Gasteiger partial charge in [0.15, 0.2) is 0 Å². The predicted molar refractivity (Wildman–Crippen MR) is 106 cm³/mol. The lowest BCUT2D eigenvalue weighted by Crippen LogP contribution is -2.36. The zero-order valence-electron chi connectivity index (χ0n) is 15.6. The zero-order chi connectivity index (χ0) is 18.8. The number of hydrogen-bond acceptors (Lipinski definition) is 5. The SMILES string of the molecule is CN(C)C(=O)c1ccccc1-c1ccc2ncc(N3CCOCC3)nc2c1. The van der Waals surface area contributed by atoms with Crippen molar-refractivity contribution in [3.63, 3.8) is 0 Å². The lowest BCUT2D eigenvalue weighted by molar-refractivity contribution is 0.0828. The smallest absolute Gasteiger partial charge is 0.253 e. The average molecular weight is 362 g/mol. The molecule has 2 aromatic carbocycles. The van der Waals surface area contributed by atoms with Crippen LogP contribution in [0.3, 0.4) is 0 Å². The molecule has 0 radical (unpaired) electrons. The number of morpholine rings is 1. The number of carbonyl (C=O) groups excluding carboxylic acids is 1. The summed E-state index contributed by atoms with van der Waals surface area (Å²) in [5.74, 6) is 0.847. The summed E-state index contributed by atoms with van der Waals surface area (Å²) in [7, 11) is 3.53. The van der Waals surface area contributed by atoms with Gasteiger partial charge in [0, 0.05) is 32.7 Å². The van der Waals surface area contributed by atoms with Gasteiger partial charge in [-0.3, -0.25) is 9.78 Å². The minimum atomic E-state index is -0.0150. The van der Waals surface area contributed by atoms with Crippen LogP contribution < -0.4 is 4.90 Å². The first-order valence-corrected chi connectivity index (χ1v) is 9.04. The number of benzene rings is 2. The molecule has 6 heteroatoms. The monoisotopic (exact) mass is 362 g/mol. The van der Waals surface area contributed by atoms with Crippen molar-refractivity contribution in [1.29, 1.82) is 0 Å². The Morgan fingerprint density at radius 2 is 1.85 bits per heavy atom. The molecule has 2 heterocycles. The molecule has 3 aromatic rings. The first-order chi connectivity index (χ1) is 13.1. The van der Waals surface area contributed by atoms with Crippen molar-refractivity contribution in [1.82, 2.24) is 14.9 Å². The number of ether oxygens (including phenoxy) is 1. The Balaban J connectivity index is 1.76. The number of fused-ring (bicyclic) bond motifs is 1. The van der Waals surface area contributed by atoms with Gasteiger partial charge < -0.3 is 14.5 Å². The number of hydrogen-bond donors (Lipinski definition) is 0. The maximum Gasteiger partial charge on any atom is 0.253 e. The van der Waals surface area contributed by atoms with E-state index in [1.54, 1.807) is 19.0 Å². The van der Waals surface area contributed by atoms with E-state index in [0.29, 0.717) is 18.8 Å². The second-order valence-corrected chi connectivity index (χ2v) is 6.78. The van der Waals surface area contributed by atoms with E-state index in [4.69, 9.17) is 9.72 Å². The van der Waals surface area contributed by atoms with E-state index < -0.39 is 0 Å². The van der Waals surface area contributed by atoms with Crippen LogP contribution in [-0.2, 0) is 4.74 Å². The summed E-state index contributed by atoms with van der Waals surface area (Å²) in [5.41, 5.74) is 4.20. The molecule has 1 aromatic heterocycles. The van der Waals surface area contributed by atoms with Gasteiger partial charge >= 0.3 is 0 Å². The lowest BCUT2D eigenvalue weighted by atomic mass is 9.98. The molecule has 1 amide bonds. The fraction of sp³-hybridized carbons (Fsp3) is 0.286. The molecule has 1 fully saturated rings. The molecular weight excluding hydrogens is 340 g/mol. The molecule has 0 saturated carbocycles. The van der Waals surface area contributed by atoms with E-state index >= 15 is 0 Å². The van der Waals surface area contributed by atoms with Gasteiger partial charge in [-0.25, -0.2) is 4.98 Å². The molecule has 0 N–H and O–H groups in total. The molecule has 138 valence electrons. The standard InChI is InChI=1S/C21H22N4O2/c1-24(2)21(26)17-6-4-3-5-16(17)15-7-8-18-19(13-15)23-20(14-22-18)25-9-11-27-12-10-25/h3-8,13-14H,9-12H2,1-2H3. The highest BCUT2D eigenvalue weighted by Crippen LogP contribution is 2.27. The van der Waals surface area contributed by atoms with Gasteiger partial charge in [-0.2, -0.15) is 0 Å². The van der Waals surface area contributed by atoms with Gasteiger partial charge in [-0.05, 0) is 29.3 Å². The molecule has 0 bridgehead atoms. The summed E-state index contributed by atoms with van der Waals surface area (Å²) in [6, 6.07) is 13.6. The Labute approximate surface area is 158 Å². The van der Waals surface area contributed by atoms with E-state index in [2.05, 4.69) is 9.88 Å². The maximum atomic E-state index is 12.5. The third kappa shape index (κ3) is 3.48. The van der Waals surface area contributed by atoms with Crippen molar-refractivity contribution < 1.29 is 9.53 Å². The second-order valence-electron chi connectivity index (χ2n) is 6.78. The zero-order valence-corrected chi connectivity index (χ0v) is 15.6. The van der Waals surface area contributed by atoms with Crippen LogP contribution in [0.2, 0.25) is 0 Å². The summed E-state index contributed by atoms with van der Waals surface area (Å²) in [4.78, 5) is 25.7. The predicted octanol–water partition coefficient (Wildman–Crippen LogP) is 2.84. The third-order valence-electron chi connectivity index (χ3n) is 4.74. The molecule has 1 saturated heterocycles. The molecule has 1 aliphatic heterocycles. The first-order valence-electron chi connectivity index (χ1n) is 9.04. The number of aromatic nitrogens is 2. The normalized spacial score (nSPS) is 14.4. The highest BCUT2D eigenvalue weighted by molar-refractivity contribution is 6.01. The number of rotatable bonds is 3. The van der Waals surface area contributed by atoms with Crippen LogP contribution in [0.1, 0.15) is 10.4 Å². The molecule has 0 aliphatic carbocycles. The van der Waals surface area contributed by atoms with E-state index in [9.17, 15) is 4.79 Å². The Morgan fingerprint density at radius 1 is 1.07 bits per heavy atom. The van der Waals surface area contributed by atoms with Crippen LogP contribution in [0.15, 0.2) is 48.7 Å². The van der Waals surface area contributed by atoms with Crippen molar-refractivity contribution >= 4 is 22.8 Å². The van der Waals surface area contributed by atoms with E-state index in [-0.39, 0.29) is 5.91 Å². The van der Waals surface area contributed by atoms with Crippen molar-refractivity contribution in [3.8, 4) is 11.1 Å². The second kappa shape index (κ2) is 7.32. The Bertz CT molecular complexity index is 981. The van der Waals surface area contributed by atoms with Gasteiger partial charge in [-0.15, -0.1) is 0 Å². The number of carbonyl (C=O) groups is 1. The van der Waals surface area contributed by atoms with Crippen molar-refractivity contribution in [2.75, 3.05) is 45.3 Å². The Kier molecular flexibility index (Phi) is 4.73. The van der Waals surface area contributed by atoms with E-state index in [1.165, 1.54) is 0 Å². The Morgan fingerprint density at radius 3 is 2.63 bits per heavy atom. The summed E-state index contributed by atoms with van der Waals surface area (Å²) in [5, 5.41) is 0. The van der Waals surface area contributed by atoms with Gasteiger partial charge in [0.05, 0.1) is 30.4 Å². The fourth-order valence-electron chi connectivity index (χ4n) is 3.28. The maximum absolute atomic E-state index is 12.5. The van der Waals surface area contributed by atoms with Crippen molar-refractivity contribution in [3.05, 3.63) is 54.2 Å². The van der Waals surface area contributed by atoms with E-state index in [0.717, 1.165) is 41.1 Å². The third-order valence-corrected chi connectivity index (χ3v) is 4.74. The summed E-state index contributed by atoms with van der Waals surface area (Å²) in [6.45, 7) is 3.06. The summed E-state index contributed by atoms with van der Waals surface area (Å²) < 4.78 is 5.41. The van der Waals surface area contributed by atoms with Crippen LogP contribution in [0.5, 0.6) is 0 Å². The molecule has 6 nitrogen and oxygen atoms in total. The molecule has 4 rings (SSSR count). The van der Waals surface area contributed by atoms with Crippen molar-refractivity contribution in [2.24, 2.45) is 0 Å². The average Bonchev–Trinajstić information content (AvgIpc) is 2.73. The van der Waals surface area contributed by atoms with Gasteiger partial charge in [0.25, 0.3) is 5.91 Å². The summed E-state index contributed by atoms with van der Waals surface area (Å²) >= 11 is 0. The largest absolute Gasteiger partial charge is 0.378 e. The lowest BCUT2D eigenvalue weighted by Gasteiger charge is -2.27. The topological polar surface area (TPSA) is 58.6 Å². The van der Waals surface area contributed by atoms with Crippen LogP contribution in [0, 0.1) is 0 Å². The quantitative estimate of drug-likeness (QED) is 0.717. The molecule has 1 aliphatic rings. The molecular formula is C21H22N4O2. The van der Waals surface area contributed by atoms with Gasteiger partial charge in [0.1, 0.15) is 5.82 Å². The first kappa shape index (κ1) is 17.4. The number of anilines is 1. The highest BCUT2D eigenvalue weighted by atomic mass is 16.5. The number of amides is 1. The minimum Gasteiger partial charge on any atom is -0.378 e. The van der Waals surface area contributed by atoms with Crippen LogP contribution in [-0.4, -0.2) is 61.2 Å². The molecule has 27 heavy (non-hydrogen) atoms.